The SMILES string of the molecule is CC(=O)N1CCN(C2CNC2)C(C)C1.Cl. The van der Waals surface area contributed by atoms with Crippen molar-refractivity contribution >= 4 is 18.3 Å². The number of amides is 1. The van der Waals surface area contributed by atoms with Gasteiger partial charge >= 0.3 is 0 Å². The van der Waals surface area contributed by atoms with E-state index < -0.39 is 0 Å². The fourth-order valence-corrected chi connectivity index (χ4v) is 2.31. The molecule has 0 aliphatic carbocycles. The minimum atomic E-state index is 0. The van der Waals surface area contributed by atoms with Crippen LogP contribution in [0.25, 0.3) is 0 Å². The Bertz CT molecular complexity index is 233. The first-order valence-corrected chi connectivity index (χ1v) is 5.40. The third-order valence-electron chi connectivity index (χ3n) is 3.35. The molecule has 0 aromatic carbocycles. The highest BCUT2D eigenvalue weighted by Crippen LogP contribution is 2.15. The lowest BCUT2D eigenvalue weighted by Gasteiger charge is -2.47. The van der Waals surface area contributed by atoms with E-state index in [4.69, 9.17) is 0 Å². The number of carbonyl (C=O) groups excluding carboxylic acids is 1. The molecule has 15 heavy (non-hydrogen) atoms. The van der Waals surface area contributed by atoms with Gasteiger partial charge in [0.25, 0.3) is 0 Å². The Hall–Kier alpha value is -0.320. The molecule has 2 aliphatic rings. The monoisotopic (exact) mass is 233 g/mol. The van der Waals surface area contributed by atoms with Gasteiger partial charge in [-0.25, -0.2) is 0 Å². The standard InChI is InChI=1S/C10H19N3O.ClH/c1-8-7-12(9(2)14)3-4-13(8)10-5-11-6-10;/h8,10-11H,3-7H2,1-2H3;1H. The van der Waals surface area contributed by atoms with Gasteiger partial charge in [0.05, 0.1) is 0 Å². The second kappa shape index (κ2) is 5.14. The van der Waals surface area contributed by atoms with E-state index in [1.165, 1.54) is 0 Å². The zero-order chi connectivity index (χ0) is 10.1. The highest BCUT2D eigenvalue weighted by molar-refractivity contribution is 5.85. The summed E-state index contributed by atoms with van der Waals surface area (Å²) < 4.78 is 0. The van der Waals surface area contributed by atoms with Crippen molar-refractivity contribution in [2.45, 2.75) is 25.9 Å². The van der Waals surface area contributed by atoms with E-state index in [1.54, 1.807) is 6.92 Å². The normalized spacial score (nSPS) is 28.1. The van der Waals surface area contributed by atoms with Gasteiger partial charge in [-0.3, -0.25) is 9.69 Å². The van der Waals surface area contributed by atoms with Gasteiger partial charge in [-0.15, -0.1) is 12.4 Å². The molecule has 5 heteroatoms. The first kappa shape index (κ1) is 12.7. The molecule has 1 atom stereocenters. The van der Waals surface area contributed by atoms with Gasteiger partial charge in [-0.05, 0) is 6.92 Å². The van der Waals surface area contributed by atoms with E-state index >= 15 is 0 Å². The van der Waals surface area contributed by atoms with Crippen molar-refractivity contribution in [2.24, 2.45) is 0 Å². The van der Waals surface area contributed by atoms with Crippen LogP contribution >= 0.6 is 12.4 Å². The highest BCUT2D eigenvalue weighted by atomic mass is 35.5. The highest BCUT2D eigenvalue weighted by Gasteiger charge is 2.32. The number of piperazine rings is 1. The van der Waals surface area contributed by atoms with Crippen molar-refractivity contribution < 1.29 is 4.79 Å². The number of nitrogens with one attached hydrogen (secondary N) is 1. The lowest BCUT2D eigenvalue weighted by molar-refractivity contribution is -0.132. The molecular formula is C10H20ClN3O. The number of rotatable bonds is 1. The van der Waals surface area contributed by atoms with Crippen molar-refractivity contribution in [3.8, 4) is 0 Å². The maximum absolute atomic E-state index is 11.2. The zero-order valence-corrected chi connectivity index (χ0v) is 10.2. The van der Waals surface area contributed by atoms with Crippen LogP contribution in [-0.2, 0) is 4.79 Å². The summed E-state index contributed by atoms with van der Waals surface area (Å²) in [6.07, 6.45) is 0. The fourth-order valence-electron chi connectivity index (χ4n) is 2.31. The summed E-state index contributed by atoms with van der Waals surface area (Å²) >= 11 is 0. The Morgan fingerprint density at radius 2 is 2.00 bits per heavy atom. The summed E-state index contributed by atoms with van der Waals surface area (Å²) in [7, 11) is 0. The van der Waals surface area contributed by atoms with E-state index in [2.05, 4.69) is 17.1 Å². The minimum Gasteiger partial charge on any atom is -0.340 e. The molecule has 2 rings (SSSR count). The Morgan fingerprint density at radius 3 is 2.40 bits per heavy atom. The lowest BCUT2D eigenvalue weighted by atomic mass is 10.1. The topological polar surface area (TPSA) is 35.6 Å². The molecule has 0 spiro atoms. The zero-order valence-electron chi connectivity index (χ0n) is 9.40. The van der Waals surface area contributed by atoms with E-state index in [1.807, 2.05) is 4.90 Å². The van der Waals surface area contributed by atoms with Crippen molar-refractivity contribution in [3.63, 3.8) is 0 Å². The first-order chi connectivity index (χ1) is 6.68. The Morgan fingerprint density at radius 1 is 1.33 bits per heavy atom. The van der Waals surface area contributed by atoms with Gasteiger partial charge in [-0.2, -0.15) is 0 Å². The van der Waals surface area contributed by atoms with Gasteiger partial charge in [-0.1, -0.05) is 0 Å². The summed E-state index contributed by atoms with van der Waals surface area (Å²) in [6.45, 7) is 8.94. The molecule has 1 unspecified atom stereocenters. The molecule has 2 heterocycles. The molecular weight excluding hydrogens is 214 g/mol. The van der Waals surface area contributed by atoms with Crippen LogP contribution in [0.5, 0.6) is 0 Å². The summed E-state index contributed by atoms with van der Waals surface area (Å²) in [5.41, 5.74) is 0. The second-order valence-corrected chi connectivity index (χ2v) is 4.36. The molecule has 1 amide bonds. The first-order valence-electron chi connectivity index (χ1n) is 5.40. The maximum Gasteiger partial charge on any atom is 0.219 e. The molecule has 0 radical (unpaired) electrons. The average Bonchev–Trinajstić information content (AvgIpc) is 2.04. The van der Waals surface area contributed by atoms with Crippen molar-refractivity contribution in [3.05, 3.63) is 0 Å². The number of hydrogen-bond acceptors (Lipinski definition) is 3. The van der Waals surface area contributed by atoms with E-state index in [0.29, 0.717) is 12.1 Å². The van der Waals surface area contributed by atoms with Crippen molar-refractivity contribution in [1.82, 2.24) is 15.1 Å². The molecule has 0 saturated carbocycles. The van der Waals surface area contributed by atoms with Crippen molar-refractivity contribution in [1.29, 1.82) is 0 Å². The van der Waals surface area contributed by atoms with Gasteiger partial charge in [0.2, 0.25) is 5.91 Å². The molecule has 2 saturated heterocycles. The molecule has 88 valence electrons. The van der Waals surface area contributed by atoms with Gasteiger partial charge < -0.3 is 10.2 Å². The summed E-state index contributed by atoms with van der Waals surface area (Å²) in [5, 5.41) is 3.29. The predicted molar refractivity (Wildman–Crippen MR) is 62.3 cm³/mol. The smallest absolute Gasteiger partial charge is 0.219 e. The quantitative estimate of drug-likeness (QED) is 0.689. The van der Waals surface area contributed by atoms with E-state index in [-0.39, 0.29) is 18.3 Å². The van der Waals surface area contributed by atoms with Crippen molar-refractivity contribution in [2.75, 3.05) is 32.7 Å². The fraction of sp³-hybridized carbons (Fsp3) is 0.900. The Kier molecular flexibility index (Phi) is 4.37. The number of nitrogens with zero attached hydrogens (tertiary/aromatic N) is 2. The third kappa shape index (κ3) is 2.62. The summed E-state index contributed by atoms with van der Waals surface area (Å²) in [5.74, 6) is 0.211. The minimum absolute atomic E-state index is 0. The van der Waals surface area contributed by atoms with Crippen LogP contribution in [0.1, 0.15) is 13.8 Å². The lowest BCUT2D eigenvalue weighted by Crippen LogP contribution is -2.64. The van der Waals surface area contributed by atoms with Crippen LogP contribution in [0.2, 0.25) is 0 Å². The van der Waals surface area contributed by atoms with Crippen LogP contribution in [-0.4, -0.2) is 60.5 Å². The molecule has 2 fully saturated rings. The van der Waals surface area contributed by atoms with Crippen LogP contribution in [0.4, 0.5) is 0 Å². The second-order valence-electron chi connectivity index (χ2n) is 4.36. The number of hydrogen-bond donors (Lipinski definition) is 1. The van der Waals surface area contributed by atoms with Crippen LogP contribution in [0.3, 0.4) is 0 Å². The molecule has 0 bridgehead atoms. The van der Waals surface area contributed by atoms with E-state index in [0.717, 1.165) is 32.7 Å². The maximum atomic E-state index is 11.2. The molecule has 0 aromatic rings. The molecule has 2 aliphatic heterocycles. The van der Waals surface area contributed by atoms with Gasteiger partial charge in [0, 0.05) is 51.7 Å². The van der Waals surface area contributed by atoms with Crippen LogP contribution in [0.15, 0.2) is 0 Å². The molecule has 4 nitrogen and oxygen atoms in total. The molecule has 1 N–H and O–H groups in total. The predicted octanol–water partition coefficient (Wildman–Crippen LogP) is -0.0674. The van der Waals surface area contributed by atoms with E-state index in [9.17, 15) is 4.79 Å². The molecule has 0 aromatic heterocycles. The number of halogens is 1. The van der Waals surface area contributed by atoms with Crippen LogP contribution < -0.4 is 5.32 Å². The average molecular weight is 234 g/mol. The van der Waals surface area contributed by atoms with Gasteiger partial charge in [0.1, 0.15) is 0 Å². The van der Waals surface area contributed by atoms with Crippen LogP contribution in [0, 0.1) is 0 Å². The van der Waals surface area contributed by atoms with Gasteiger partial charge in [0.15, 0.2) is 0 Å². The Labute approximate surface area is 97.4 Å². The summed E-state index contributed by atoms with van der Waals surface area (Å²) in [4.78, 5) is 15.7. The number of carbonyl (C=O) groups is 1. The largest absolute Gasteiger partial charge is 0.340 e. The third-order valence-corrected chi connectivity index (χ3v) is 3.35. The summed E-state index contributed by atoms with van der Waals surface area (Å²) in [6, 6.07) is 1.22. The Balaban J connectivity index is 0.00000112.